The fraction of sp³-hybridized carbons (Fsp3) is 0.667. The van der Waals surface area contributed by atoms with Crippen LogP contribution < -0.4 is 16.6 Å². The van der Waals surface area contributed by atoms with Gasteiger partial charge in [0.1, 0.15) is 0 Å². The summed E-state index contributed by atoms with van der Waals surface area (Å²) in [5.41, 5.74) is 2.31. The number of nitrogens with two attached hydrogens (primary N) is 1. The number of hydrogen-bond donors (Lipinski definition) is 3. The maximum Gasteiger partial charge on any atom is 0.180 e. The zero-order chi connectivity index (χ0) is 8.53. The van der Waals surface area contributed by atoms with Crippen molar-refractivity contribution in [2.24, 2.45) is 5.84 Å². The van der Waals surface area contributed by atoms with Crippen molar-refractivity contribution in [3.8, 4) is 6.07 Å². The van der Waals surface area contributed by atoms with Crippen LogP contribution in [-0.4, -0.2) is 11.7 Å². The van der Waals surface area contributed by atoms with Gasteiger partial charge < -0.3 is 10.7 Å². The molecule has 0 rings (SSSR count). The Morgan fingerprint density at radius 1 is 1.55 bits per heavy atom. The first kappa shape index (κ1) is 10.1. The molecule has 0 atom stereocenters. The summed E-state index contributed by atoms with van der Waals surface area (Å²) < 4.78 is 0. The summed E-state index contributed by atoms with van der Waals surface area (Å²) >= 11 is 4.72. The number of rotatable bonds is 4. The lowest BCUT2D eigenvalue weighted by Gasteiger charge is -2.04. The van der Waals surface area contributed by atoms with E-state index in [1.54, 1.807) is 0 Å². The van der Waals surface area contributed by atoms with Crippen LogP contribution >= 0.6 is 12.2 Å². The van der Waals surface area contributed by atoms with Crippen molar-refractivity contribution in [1.82, 2.24) is 10.7 Å². The third kappa shape index (κ3) is 7.03. The van der Waals surface area contributed by atoms with Gasteiger partial charge in [-0.1, -0.05) is 0 Å². The molecule has 11 heavy (non-hydrogen) atoms. The zero-order valence-corrected chi connectivity index (χ0v) is 7.08. The van der Waals surface area contributed by atoms with E-state index in [9.17, 15) is 0 Å². The first-order valence-electron chi connectivity index (χ1n) is 3.42. The summed E-state index contributed by atoms with van der Waals surface area (Å²) in [6, 6.07) is 2.07. The molecule has 0 radical (unpaired) electrons. The summed E-state index contributed by atoms with van der Waals surface area (Å²) in [6.45, 7) is 0.769. The Bertz CT molecular complexity index is 151. The van der Waals surface area contributed by atoms with Gasteiger partial charge in [-0.05, 0) is 25.1 Å². The van der Waals surface area contributed by atoms with Crippen molar-refractivity contribution in [2.75, 3.05) is 6.54 Å². The number of unbranched alkanes of at least 4 members (excludes halogenated alkanes) is 2. The van der Waals surface area contributed by atoms with Gasteiger partial charge >= 0.3 is 0 Å². The lowest BCUT2D eigenvalue weighted by molar-refractivity contribution is 0.716. The molecule has 62 valence electrons. The van der Waals surface area contributed by atoms with E-state index in [0.29, 0.717) is 11.5 Å². The molecule has 0 aromatic heterocycles. The summed E-state index contributed by atoms with van der Waals surface area (Å²) in [6.07, 6.45) is 2.44. The third-order valence-corrected chi connectivity index (χ3v) is 1.39. The Hall–Kier alpha value is -0.860. The lowest BCUT2D eigenvalue weighted by Crippen LogP contribution is -2.39. The maximum atomic E-state index is 8.19. The largest absolute Gasteiger partial charge is 0.362 e. The zero-order valence-electron chi connectivity index (χ0n) is 6.26. The Morgan fingerprint density at radius 3 is 2.82 bits per heavy atom. The van der Waals surface area contributed by atoms with E-state index in [2.05, 4.69) is 16.8 Å². The molecule has 0 heterocycles. The smallest absolute Gasteiger partial charge is 0.180 e. The second kappa shape index (κ2) is 7.25. The highest BCUT2D eigenvalue weighted by atomic mass is 32.1. The van der Waals surface area contributed by atoms with Gasteiger partial charge in [-0.25, -0.2) is 5.84 Å². The molecule has 0 aromatic carbocycles. The van der Waals surface area contributed by atoms with Crippen molar-refractivity contribution in [3.05, 3.63) is 0 Å². The average Bonchev–Trinajstić information content (AvgIpc) is 2.04. The molecule has 0 aliphatic rings. The predicted octanol–water partition coefficient (Wildman–Crippen LogP) is 0.0181. The van der Waals surface area contributed by atoms with Gasteiger partial charge in [-0.2, -0.15) is 5.26 Å². The topological polar surface area (TPSA) is 73.9 Å². The van der Waals surface area contributed by atoms with Crippen LogP contribution in [-0.2, 0) is 0 Å². The molecule has 0 aromatic rings. The summed E-state index contributed by atoms with van der Waals surface area (Å²) in [4.78, 5) is 0. The van der Waals surface area contributed by atoms with Gasteiger partial charge in [0.2, 0.25) is 0 Å². The fourth-order valence-electron chi connectivity index (χ4n) is 0.582. The van der Waals surface area contributed by atoms with E-state index in [0.717, 1.165) is 19.4 Å². The number of nitriles is 1. The Labute approximate surface area is 71.7 Å². The molecule has 0 unspecified atom stereocenters. The quantitative estimate of drug-likeness (QED) is 0.241. The first-order chi connectivity index (χ1) is 5.31. The summed E-state index contributed by atoms with van der Waals surface area (Å²) in [7, 11) is 0. The molecule has 4 N–H and O–H groups in total. The van der Waals surface area contributed by atoms with Gasteiger partial charge in [0, 0.05) is 13.0 Å². The van der Waals surface area contributed by atoms with Gasteiger partial charge in [0.25, 0.3) is 0 Å². The molecule has 0 saturated heterocycles. The minimum Gasteiger partial charge on any atom is -0.362 e. The average molecular weight is 172 g/mol. The van der Waals surface area contributed by atoms with E-state index >= 15 is 0 Å². The lowest BCUT2D eigenvalue weighted by atomic mass is 10.2. The van der Waals surface area contributed by atoms with Gasteiger partial charge in [0.05, 0.1) is 6.07 Å². The molecule has 0 amide bonds. The van der Waals surface area contributed by atoms with E-state index in [1.165, 1.54) is 0 Å². The SMILES string of the molecule is N#CCCCCNC(=S)NN. The Balaban J connectivity index is 3.03. The van der Waals surface area contributed by atoms with Gasteiger partial charge in [0.15, 0.2) is 5.11 Å². The van der Waals surface area contributed by atoms with Crippen LogP contribution in [0.25, 0.3) is 0 Å². The molecular formula is C6H12N4S. The third-order valence-electron chi connectivity index (χ3n) is 1.13. The van der Waals surface area contributed by atoms with Crippen LogP contribution in [0.5, 0.6) is 0 Å². The molecule has 0 fully saturated rings. The molecular weight excluding hydrogens is 160 g/mol. The number of nitrogens with one attached hydrogen (secondary N) is 2. The van der Waals surface area contributed by atoms with Crippen LogP contribution in [0.3, 0.4) is 0 Å². The molecule has 0 aliphatic heterocycles. The van der Waals surface area contributed by atoms with Gasteiger partial charge in [-0.15, -0.1) is 0 Å². The number of hydrogen-bond acceptors (Lipinski definition) is 3. The van der Waals surface area contributed by atoms with Crippen LogP contribution in [0.15, 0.2) is 0 Å². The van der Waals surface area contributed by atoms with Crippen molar-refractivity contribution in [1.29, 1.82) is 5.26 Å². The van der Waals surface area contributed by atoms with Crippen molar-refractivity contribution in [3.63, 3.8) is 0 Å². The molecule has 5 heteroatoms. The van der Waals surface area contributed by atoms with Crippen molar-refractivity contribution >= 4 is 17.3 Å². The summed E-state index contributed by atoms with van der Waals surface area (Å²) in [5.74, 6) is 5.01. The fourth-order valence-corrected chi connectivity index (χ4v) is 0.684. The molecule has 0 bridgehead atoms. The van der Waals surface area contributed by atoms with Crippen molar-refractivity contribution < 1.29 is 0 Å². The van der Waals surface area contributed by atoms with E-state index in [-0.39, 0.29) is 0 Å². The monoisotopic (exact) mass is 172 g/mol. The van der Waals surface area contributed by atoms with Crippen LogP contribution in [0, 0.1) is 11.3 Å². The van der Waals surface area contributed by atoms with Crippen LogP contribution in [0.2, 0.25) is 0 Å². The molecule has 0 saturated carbocycles. The highest BCUT2D eigenvalue weighted by Gasteiger charge is 1.90. The van der Waals surface area contributed by atoms with E-state index in [4.69, 9.17) is 23.3 Å². The standard InChI is InChI=1S/C6H12N4S/c7-4-2-1-3-5-9-6(11)10-8/h1-3,5,8H2,(H2,9,10,11). The molecule has 0 aliphatic carbocycles. The van der Waals surface area contributed by atoms with Crippen LogP contribution in [0.4, 0.5) is 0 Å². The number of hydrazine groups is 1. The van der Waals surface area contributed by atoms with E-state index < -0.39 is 0 Å². The maximum absolute atomic E-state index is 8.19. The Morgan fingerprint density at radius 2 is 2.27 bits per heavy atom. The van der Waals surface area contributed by atoms with E-state index in [1.807, 2.05) is 0 Å². The minimum atomic E-state index is 0.446. The highest BCUT2D eigenvalue weighted by Crippen LogP contribution is 1.90. The summed E-state index contributed by atoms with van der Waals surface area (Å²) in [5, 5.41) is 11.5. The predicted molar refractivity (Wildman–Crippen MR) is 47.4 cm³/mol. The molecule has 4 nitrogen and oxygen atoms in total. The second-order valence-electron chi connectivity index (χ2n) is 2.02. The molecule has 0 spiro atoms. The second-order valence-corrected chi connectivity index (χ2v) is 2.42. The first-order valence-corrected chi connectivity index (χ1v) is 3.83. The van der Waals surface area contributed by atoms with Crippen LogP contribution in [0.1, 0.15) is 19.3 Å². The highest BCUT2D eigenvalue weighted by molar-refractivity contribution is 7.80. The van der Waals surface area contributed by atoms with Crippen molar-refractivity contribution in [2.45, 2.75) is 19.3 Å². The minimum absolute atomic E-state index is 0.446. The normalized spacial score (nSPS) is 8.36. The number of nitrogens with zero attached hydrogens (tertiary/aromatic N) is 1. The Kier molecular flexibility index (Phi) is 6.68. The number of thiocarbonyl (C=S) groups is 1. The van der Waals surface area contributed by atoms with Gasteiger partial charge in [-0.3, -0.25) is 0 Å².